The summed E-state index contributed by atoms with van der Waals surface area (Å²) in [7, 11) is 0. The van der Waals surface area contributed by atoms with Crippen molar-refractivity contribution in [2.45, 2.75) is 0 Å². The standard InChI is InChI=1S/C3H3N2.Zn/c1-2-5-3-4-1;/h1-3H;. The molecule has 0 atom stereocenters. The van der Waals surface area contributed by atoms with Crippen LogP contribution in [0.3, 0.4) is 0 Å². The molecule has 0 aliphatic carbocycles. The molecule has 0 aromatic rings. The van der Waals surface area contributed by atoms with E-state index >= 15 is 0 Å². The Hall–Kier alpha value is -0.167. The van der Waals surface area contributed by atoms with Crippen LogP contribution in [0, 0.1) is 0 Å². The fourth-order valence-electron chi connectivity index (χ4n) is 0.192. The summed E-state index contributed by atoms with van der Waals surface area (Å²) < 4.78 is 0. The Labute approximate surface area is 49.1 Å². The van der Waals surface area contributed by atoms with Gasteiger partial charge in [0.2, 0.25) is 0 Å². The van der Waals surface area contributed by atoms with Gasteiger partial charge in [-0.1, -0.05) is 0 Å². The Morgan fingerprint density at radius 1 is 1.17 bits per heavy atom. The van der Waals surface area contributed by atoms with E-state index in [9.17, 15) is 0 Å². The molecule has 0 spiro atoms. The predicted octanol–water partition coefficient (Wildman–Crippen LogP) is 0.101. The maximum Gasteiger partial charge on any atom is 0.115 e. The molecule has 0 aromatic carbocycles. The fraction of sp³-hybridized carbons (Fsp3) is 0. The second-order valence-electron chi connectivity index (χ2n) is 0.712. The molecule has 1 rings (SSSR count). The zero-order valence-corrected chi connectivity index (χ0v) is 6.30. The van der Waals surface area contributed by atoms with Gasteiger partial charge in [-0.25, -0.2) is 10.3 Å². The Bertz CT molecular complexity index is 66.9. The second-order valence-corrected chi connectivity index (χ2v) is 0.712. The van der Waals surface area contributed by atoms with Crippen molar-refractivity contribution in [2.24, 2.45) is 4.99 Å². The molecule has 0 amide bonds. The smallest absolute Gasteiger partial charge is 0.115 e. The molecule has 0 unspecified atom stereocenters. The van der Waals surface area contributed by atoms with Crippen molar-refractivity contribution in [3.63, 3.8) is 0 Å². The van der Waals surface area contributed by atoms with Gasteiger partial charge in [0.25, 0.3) is 0 Å². The molecule has 3 heteroatoms. The van der Waals surface area contributed by atoms with E-state index in [2.05, 4.69) is 10.3 Å². The van der Waals surface area contributed by atoms with Crippen molar-refractivity contribution in [3.05, 3.63) is 12.4 Å². The largest absolute Gasteiger partial charge is 0.243 e. The Morgan fingerprint density at radius 3 is 2.17 bits per heavy atom. The predicted molar refractivity (Wildman–Crippen MR) is 19.8 cm³/mol. The summed E-state index contributed by atoms with van der Waals surface area (Å²) in [6.07, 6.45) is 4.78. The van der Waals surface area contributed by atoms with Gasteiger partial charge in [0.15, 0.2) is 0 Å². The molecule has 0 N–H and O–H groups in total. The molecule has 6 heavy (non-hydrogen) atoms. The third-order valence-corrected chi connectivity index (χ3v) is 0.372. The van der Waals surface area contributed by atoms with Crippen molar-refractivity contribution in [3.8, 4) is 0 Å². The zero-order chi connectivity index (χ0) is 3.54. The molecule has 2 nitrogen and oxygen atoms in total. The number of nitrogens with zero attached hydrogens (tertiary/aromatic N) is 2. The monoisotopic (exact) mass is 131 g/mol. The van der Waals surface area contributed by atoms with E-state index in [-0.39, 0.29) is 19.5 Å². The van der Waals surface area contributed by atoms with Crippen LogP contribution in [0.2, 0.25) is 0 Å². The van der Waals surface area contributed by atoms with Gasteiger partial charge in [0, 0.05) is 31.9 Å². The zero-order valence-electron chi connectivity index (χ0n) is 3.33. The minimum Gasteiger partial charge on any atom is -0.243 e. The number of rotatable bonds is 0. The first-order valence-corrected chi connectivity index (χ1v) is 1.37. The van der Waals surface area contributed by atoms with Gasteiger partial charge in [-0.15, -0.1) is 0 Å². The molecule has 1 aliphatic rings. The van der Waals surface area contributed by atoms with Gasteiger partial charge in [0.1, 0.15) is 6.34 Å². The average Bonchev–Trinajstić information content (AvgIpc) is 1.76. The minimum absolute atomic E-state index is 0. The summed E-state index contributed by atoms with van der Waals surface area (Å²) in [5.41, 5.74) is 0. The van der Waals surface area contributed by atoms with E-state index < -0.39 is 0 Å². The van der Waals surface area contributed by atoms with Crippen LogP contribution < -0.4 is 5.32 Å². The number of aliphatic imine (C=N–C) groups is 1. The van der Waals surface area contributed by atoms with E-state index in [0.717, 1.165) is 0 Å². The van der Waals surface area contributed by atoms with Gasteiger partial charge < -0.3 is 0 Å². The van der Waals surface area contributed by atoms with Crippen LogP contribution in [0.25, 0.3) is 0 Å². The molecular weight excluding hydrogens is 129 g/mol. The Balaban J connectivity index is 0.000000250. The number of hydrogen-bond donors (Lipinski definition) is 0. The molecule has 0 fully saturated rings. The van der Waals surface area contributed by atoms with Crippen molar-refractivity contribution < 1.29 is 19.5 Å². The van der Waals surface area contributed by atoms with Crippen LogP contribution in [-0.4, -0.2) is 6.34 Å². The molecule has 0 aromatic heterocycles. The first kappa shape index (κ1) is 5.83. The molecular formula is C3H3N2Zn. The average molecular weight is 132 g/mol. The van der Waals surface area contributed by atoms with E-state index in [1.54, 1.807) is 12.4 Å². The van der Waals surface area contributed by atoms with E-state index in [1.165, 1.54) is 6.34 Å². The van der Waals surface area contributed by atoms with Gasteiger partial charge in [-0.05, 0) is 0 Å². The molecule has 1 heterocycles. The fourth-order valence-corrected chi connectivity index (χ4v) is 0.192. The maximum atomic E-state index is 3.61. The second kappa shape index (κ2) is 3.04. The molecule has 0 bridgehead atoms. The van der Waals surface area contributed by atoms with E-state index in [0.29, 0.717) is 0 Å². The van der Waals surface area contributed by atoms with E-state index in [4.69, 9.17) is 0 Å². The van der Waals surface area contributed by atoms with Crippen LogP contribution in [-0.2, 0) is 19.5 Å². The summed E-state index contributed by atoms with van der Waals surface area (Å²) in [5.74, 6) is 0. The molecule has 0 saturated carbocycles. The van der Waals surface area contributed by atoms with Gasteiger partial charge >= 0.3 is 0 Å². The SMILES string of the molecule is C1=CN=C[N]1.[Zn]. The summed E-state index contributed by atoms with van der Waals surface area (Å²) in [6, 6.07) is 0. The van der Waals surface area contributed by atoms with E-state index in [1.807, 2.05) is 0 Å². The van der Waals surface area contributed by atoms with Crippen molar-refractivity contribution in [1.82, 2.24) is 5.32 Å². The topological polar surface area (TPSA) is 26.5 Å². The Kier molecular flexibility index (Phi) is 2.96. The van der Waals surface area contributed by atoms with Crippen LogP contribution in [0.1, 0.15) is 0 Å². The summed E-state index contributed by atoms with van der Waals surface area (Å²) in [5, 5.41) is 3.61. The summed E-state index contributed by atoms with van der Waals surface area (Å²) >= 11 is 0. The third kappa shape index (κ3) is 1.32. The van der Waals surface area contributed by atoms with Crippen LogP contribution in [0.15, 0.2) is 17.4 Å². The van der Waals surface area contributed by atoms with Crippen LogP contribution in [0.5, 0.6) is 0 Å². The molecule has 1 radical (unpaired) electrons. The molecule has 27 valence electrons. The van der Waals surface area contributed by atoms with Crippen LogP contribution >= 0.6 is 0 Å². The third-order valence-electron chi connectivity index (χ3n) is 0.372. The summed E-state index contributed by atoms with van der Waals surface area (Å²) in [4.78, 5) is 3.61. The van der Waals surface area contributed by atoms with Gasteiger partial charge in [0.05, 0.1) is 0 Å². The molecule has 1 aliphatic heterocycles. The van der Waals surface area contributed by atoms with Gasteiger partial charge in [-0.3, -0.25) is 0 Å². The van der Waals surface area contributed by atoms with Crippen LogP contribution in [0.4, 0.5) is 0 Å². The van der Waals surface area contributed by atoms with Crippen molar-refractivity contribution in [1.29, 1.82) is 0 Å². The summed E-state index contributed by atoms with van der Waals surface area (Å²) in [6.45, 7) is 0. The first-order chi connectivity index (χ1) is 2.50. The quantitative estimate of drug-likeness (QED) is 0.418. The maximum absolute atomic E-state index is 3.61. The first-order valence-electron chi connectivity index (χ1n) is 1.37. The normalized spacial score (nSPS) is 13.3. The minimum atomic E-state index is 0. The Morgan fingerprint density at radius 2 is 2.00 bits per heavy atom. The number of hydrogen-bond acceptors (Lipinski definition) is 1. The van der Waals surface area contributed by atoms with Crippen molar-refractivity contribution >= 4 is 6.34 Å². The van der Waals surface area contributed by atoms with Crippen molar-refractivity contribution in [2.75, 3.05) is 0 Å². The van der Waals surface area contributed by atoms with Gasteiger partial charge in [-0.2, -0.15) is 0 Å². The molecule has 0 saturated heterocycles.